The van der Waals surface area contributed by atoms with E-state index in [-0.39, 0.29) is 22.0 Å². The molecule has 1 saturated carbocycles. The molecule has 0 aliphatic heterocycles. The number of carbonyl (C=O) groups is 1. The molecule has 3 aromatic rings. The minimum Gasteiger partial charge on any atom is -0.355 e. The van der Waals surface area contributed by atoms with E-state index in [1.165, 1.54) is 18.2 Å². The maximum absolute atomic E-state index is 13.8. The highest BCUT2D eigenvalue weighted by Crippen LogP contribution is 2.65. The van der Waals surface area contributed by atoms with Crippen LogP contribution in [0.2, 0.25) is 10.0 Å². The van der Waals surface area contributed by atoms with Gasteiger partial charge < -0.3 is 10.6 Å². The van der Waals surface area contributed by atoms with Crippen molar-refractivity contribution >= 4 is 69.4 Å². The molecule has 0 bridgehead atoms. The normalized spacial score (nSPS) is 18.4. The van der Waals surface area contributed by atoms with Gasteiger partial charge in [-0.1, -0.05) is 54.0 Å². The summed E-state index contributed by atoms with van der Waals surface area (Å²) in [7, 11) is 0. The Bertz CT molecular complexity index is 1350. The molecular formula is C25H16Cl4F4N2O. The Morgan fingerprint density at radius 3 is 2.22 bits per heavy atom. The SMILES string of the molecule is C=C(Nc1ccccc1)c1cc(NC(=O)C2C(c3ccc(F)c(Cl)c3)C2(Cl)Cl)cc(C(F)(F)F)c1Cl. The van der Waals surface area contributed by atoms with E-state index in [0.717, 1.165) is 12.1 Å². The molecule has 4 rings (SSSR count). The predicted molar refractivity (Wildman–Crippen MR) is 136 cm³/mol. The number of carbonyl (C=O) groups excluding carboxylic acids is 1. The van der Waals surface area contributed by atoms with E-state index in [2.05, 4.69) is 17.2 Å². The molecule has 188 valence electrons. The maximum Gasteiger partial charge on any atom is 0.417 e. The van der Waals surface area contributed by atoms with Gasteiger partial charge in [-0.15, -0.1) is 23.2 Å². The molecule has 1 aliphatic carbocycles. The summed E-state index contributed by atoms with van der Waals surface area (Å²) >= 11 is 24.5. The highest BCUT2D eigenvalue weighted by atomic mass is 35.5. The number of amides is 1. The van der Waals surface area contributed by atoms with Gasteiger partial charge >= 0.3 is 6.18 Å². The number of rotatable bonds is 6. The first-order chi connectivity index (χ1) is 16.8. The summed E-state index contributed by atoms with van der Waals surface area (Å²) in [5, 5.41) is 4.59. The second kappa shape index (κ2) is 9.78. The van der Waals surface area contributed by atoms with E-state index in [9.17, 15) is 22.4 Å². The standard InChI is InChI=1S/C25H16Cl4F4N2O/c1-12(34-14-5-3-2-4-6-14)16-10-15(11-17(22(16)27)25(31,32)33)35-23(36)21-20(24(21,28)29)13-7-8-19(30)18(26)9-13/h2-11,20-21,34H,1H2,(H,35,36). The van der Waals surface area contributed by atoms with Crippen LogP contribution in [0.1, 0.15) is 22.6 Å². The lowest BCUT2D eigenvalue weighted by molar-refractivity contribution is -0.137. The second-order valence-electron chi connectivity index (χ2n) is 8.15. The smallest absolute Gasteiger partial charge is 0.355 e. The van der Waals surface area contributed by atoms with Crippen LogP contribution in [-0.2, 0) is 11.0 Å². The highest BCUT2D eigenvalue weighted by Gasteiger charge is 2.67. The van der Waals surface area contributed by atoms with Gasteiger partial charge in [0.2, 0.25) is 5.91 Å². The van der Waals surface area contributed by atoms with Crippen molar-refractivity contribution in [1.29, 1.82) is 0 Å². The van der Waals surface area contributed by atoms with Gasteiger partial charge in [0.25, 0.3) is 0 Å². The number of benzene rings is 3. The average molecular weight is 578 g/mol. The highest BCUT2D eigenvalue weighted by molar-refractivity contribution is 6.53. The minimum atomic E-state index is -4.81. The van der Waals surface area contributed by atoms with Crippen LogP contribution in [0, 0.1) is 11.7 Å². The summed E-state index contributed by atoms with van der Waals surface area (Å²) in [6, 6.07) is 14.4. The van der Waals surface area contributed by atoms with Gasteiger partial charge in [0.05, 0.1) is 21.5 Å². The Morgan fingerprint density at radius 2 is 1.61 bits per heavy atom. The Morgan fingerprint density at radius 1 is 0.944 bits per heavy atom. The molecule has 0 spiro atoms. The quantitative estimate of drug-likeness (QED) is 0.227. The number of alkyl halides is 5. The molecule has 0 heterocycles. The lowest BCUT2D eigenvalue weighted by atomic mass is 10.1. The van der Waals surface area contributed by atoms with Crippen LogP contribution in [0.4, 0.5) is 28.9 Å². The van der Waals surface area contributed by atoms with Crippen molar-refractivity contribution in [2.75, 3.05) is 10.6 Å². The van der Waals surface area contributed by atoms with Crippen LogP contribution in [0.15, 0.2) is 67.2 Å². The average Bonchev–Trinajstić information content (AvgIpc) is 3.38. The van der Waals surface area contributed by atoms with Crippen LogP contribution >= 0.6 is 46.4 Å². The number of halogens is 8. The van der Waals surface area contributed by atoms with Gasteiger partial charge in [0, 0.05) is 28.6 Å². The third-order valence-electron chi connectivity index (χ3n) is 5.68. The van der Waals surface area contributed by atoms with Gasteiger partial charge in [0.1, 0.15) is 10.2 Å². The third-order valence-corrected chi connectivity index (χ3v) is 7.32. The summed E-state index contributed by atoms with van der Waals surface area (Å²) in [6.07, 6.45) is -4.81. The van der Waals surface area contributed by atoms with E-state index >= 15 is 0 Å². The summed E-state index contributed by atoms with van der Waals surface area (Å²) in [5.41, 5.74) is -0.328. The number of anilines is 2. The van der Waals surface area contributed by atoms with Crippen molar-refractivity contribution in [1.82, 2.24) is 0 Å². The third kappa shape index (κ3) is 5.30. The summed E-state index contributed by atoms with van der Waals surface area (Å²) < 4.78 is 53.2. The molecule has 3 aromatic carbocycles. The molecule has 1 aliphatic rings. The van der Waals surface area contributed by atoms with Crippen molar-refractivity contribution in [3.8, 4) is 0 Å². The number of nitrogens with one attached hydrogen (secondary N) is 2. The van der Waals surface area contributed by atoms with Crippen LogP contribution in [0.3, 0.4) is 0 Å². The zero-order valence-corrected chi connectivity index (χ0v) is 21.1. The predicted octanol–water partition coefficient (Wildman–Crippen LogP) is 8.76. The molecule has 0 aromatic heterocycles. The molecule has 2 atom stereocenters. The monoisotopic (exact) mass is 576 g/mol. The Hall–Kier alpha value is -2.45. The zero-order valence-electron chi connectivity index (χ0n) is 18.1. The maximum atomic E-state index is 13.8. The minimum absolute atomic E-state index is 0.0636. The first kappa shape index (κ1) is 26.6. The largest absolute Gasteiger partial charge is 0.417 e. The number of hydrogen-bond acceptors (Lipinski definition) is 2. The van der Waals surface area contributed by atoms with Crippen molar-refractivity contribution in [3.63, 3.8) is 0 Å². The van der Waals surface area contributed by atoms with Crippen molar-refractivity contribution in [2.45, 2.75) is 16.4 Å². The topological polar surface area (TPSA) is 41.1 Å². The fourth-order valence-corrected chi connectivity index (χ4v) is 5.23. The van der Waals surface area contributed by atoms with Crippen LogP contribution in [0.25, 0.3) is 5.70 Å². The summed E-state index contributed by atoms with van der Waals surface area (Å²) in [5.74, 6) is -3.16. The Balaban J connectivity index is 1.63. The molecule has 0 radical (unpaired) electrons. The van der Waals surface area contributed by atoms with E-state index in [0.29, 0.717) is 11.3 Å². The second-order valence-corrected chi connectivity index (χ2v) is 10.4. The van der Waals surface area contributed by atoms with Gasteiger partial charge in [0.15, 0.2) is 0 Å². The van der Waals surface area contributed by atoms with Crippen molar-refractivity contribution in [2.24, 2.45) is 5.92 Å². The van der Waals surface area contributed by atoms with Gasteiger partial charge in [-0.3, -0.25) is 4.79 Å². The molecule has 2 N–H and O–H groups in total. The van der Waals surface area contributed by atoms with E-state index in [4.69, 9.17) is 46.4 Å². The van der Waals surface area contributed by atoms with Crippen LogP contribution < -0.4 is 10.6 Å². The van der Waals surface area contributed by atoms with Gasteiger partial charge in [-0.05, 0) is 42.0 Å². The Labute approximate surface area is 224 Å². The molecule has 1 amide bonds. The van der Waals surface area contributed by atoms with Crippen molar-refractivity contribution in [3.05, 3.63) is 99.8 Å². The number of hydrogen-bond donors (Lipinski definition) is 2. The molecule has 1 fully saturated rings. The first-order valence-corrected chi connectivity index (χ1v) is 11.9. The lowest BCUT2D eigenvalue weighted by Crippen LogP contribution is -2.18. The van der Waals surface area contributed by atoms with Gasteiger partial charge in [-0.2, -0.15) is 13.2 Å². The molecule has 3 nitrogen and oxygen atoms in total. The fourth-order valence-electron chi connectivity index (χ4n) is 3.88. The molecule has 0 saturated heterocycles. The zero-order chi connectivity index (χ0) is 26.4. The lowest BCUT2D eigenvalue weighted by Gasteiger charge is -2.18. The van der Waals surface area contributed by atoms with E-state index in [1.807, 2.05) is 0 Å². The Kier molecular flexibility index (Phi) is 7.23. The molecule has 36 heavy (non-hydrogen) atoms. The van der Waals surface area contributed by atoms with E-state index < -0.39 is 44.7 Å². The molecular weight excluding hydrogens is 562 g/mol. The van der Waals surface area contributed by atoms with Crippen molar-refractivity contribution < 1.29 is 22.4 Å². The van der Waals surface area contributed by atoms with Crippen LogP contribution in [-0.4, -0.2) is 10.2 Å². The molecule has 2 unspecified atom stereocenters. The van der Waals surface area contributed by atoms with Gasteiger partial charge in [-0.25, -0.2) is 4.39 Å². The number of para-hydroxylation sites is 1. The van der Waals surface area contributed by atoms with E-state index in [1.54, 1.807) is 30.3 Å². The fraction of sp³-hybridized carbons (Fsp3) is 0.160. The summed E-state index contributed by atoms with van der Waals surface area (Å²) in [4.78, 5) is 13.0. The summed E-state index contributed by atoms with van der Waals surface area (Å²) in [6.45, 7) is 3.80. The first-order valence-electron chi connectivity index (χ1n) is 10.4. The van der Waals surface area contributed by atoms with Crippen LogP contribution in [0.5, 0.6) is 0 Å². The molecule has 11 heteroatoms.